The van der Waals surface area contributed by atoms with Crippen molar-refractivity contribution in [1.82, 2.24) is 5.32 Å². The van der Waals surface area contributed by atoms with Gasteiger partial charge in [0.25, 0.3) is 0 Å². The molecule has 1 N–H and O–H groups in total. The highest BCUT2D eigenvalue weighted by Gasteiger charge is 2.36. The summed E-state index contributed by atoms with van der Waals surface area (Å²) in [4.78, 5) is 23.2. The lowest BCUT2D eigenvalue weighted by Gasteiger charge is -2.31. The van der Waals surface area contributed by atoms with Crippen LogP contribution in [-0.2, 0) is 9.53 Å². The number of Topliss-reactive ketones (excluding diaryl/α,β-unsaturated/α-hetero) is 1. The fourth-order valence-corrected chi connectivity index (χ4v) is 1.96. The van der Waals surface area contributed by atoms with Crippen LogP contribution in [0.5, 0.6) is 0 Å². The van der Waals surface area contributed by atoms with Gasteiger partial charge in [-0.05, 0) is 33.1 Å². The van der Waals surface area contributed by atoms with E-state index in [1.165, 1.54) is 0 Å². The maximum absolute atomic E-state index is 11.7. The van der Waals surface area contributed by atoms with Gasteiger partial charge in [-0.15, -0.1) is 0 Å². The zero-order valence-electron chi connectivity index (χ0n) is 11.1. The summed E-state index contributed by atoms with van der Waals surface area (Å²) in [5, 5.41) is 2.60. The zero-order chi connectivity index (χ0) is 13.4. The summed E-state index contributed by atoms with van der Waals surface area (Å²) in [5.74, 6) is 0.0908. The number of ether oxygens (including phenoxy) is 1. The van der Waals surface area contributed by atoms with Crippen molar-refractivity contribution in [3.63, 3.8) is 0 Å². The van der Waals surface area contributed by atoms with Crippen molar-refractivity contribution in [2.24, 2.45) is 5.41 Å². The molecule has 0 aromatic rings. The number of carbonyl (C=O) groups excluding carboxylic acids is 2. The summed E-state index contributed by atoms with van der Waals surface area (Å²) in [6, 6.07) is 0. The number of hydrogen-bond acceptors (Lipinski definition) is 3. The zero-order valence-corrected chi connectivity index (χ0v) is 11.1. The van der Waals surface area contributed by atoms with E-state index in [0.29, 0.717) is 13.0 Å². The number of carbonyl (C=O) groups is 2. The normalized spacial score (nSPS) is 23.0. The van der Waals surface area contributed by atoms with Crippen molar-refractivity contribution in [2.75, 3.05) is 13.2 Å². The Morgan fingerprint density at radius 3 is 2.78 bits per heavy atom. The Balaban J connectivity index is 2.45. The Morgan fingerprint density at radius 2 is 2.22 bits per heavy atom. The van der Waals surface area contributed by atoms with Crippen molar-refractivity contribution in [2.45, 2.75) is 33.1 Å². The lowest BCUT2D eigenvalue weighted by Crippen LogP contribution is -2.38. The predicted molar refractivity (Wildman–Crippen MR) is 70.3 cm³/mol. The maximum atomic E-state index is 11.7. The maximum Gasteiger partial charge on any atom is 0.407 e. The first-order valence-corrected chi connectivity index (χ1v) is 6.28. The Kier molecular flexibility index (Phi) is 5.62. The van der Waals surface area contributed by atoms with E-state index in [4.69, 9.17) is 4.74 Å². The fourth-order valence-electron chi connectivity index (χ4n) is 1.96. The van der Waals surface area contributed by atoms with Crippen molar-refractivity contribution in [1.29, 1.82) is 0 Å². The molecule has 1 unspecified atom stereocenters. The number of allylic oxidation sites excluding steroid dienone is 3. The Bertz CT molecular complexity index is 360. The van der Waals surface area contributed by atoms with Gasteiger partial charge in [-0.25, -0.2) is 4.79 Å². The van der Waals surface area contributed by atoms with Crippen LogP contribution in [0.3, 0.4) is 0 Å². The molecule has 1 rings (SSSR count). The third-order valence-corrected chi connectivity index (χ3v) is 3.29. The molecule has 0 spiro atoms. The molecule has 0 radical (unpaired) electrons. The van der Waals surface area contributed by atoms with Crippen LogP contribution < -0.4 is 5.32 Å². The number of alkyl carbamates (subject to hydrolysis) is 1. The van der Waals surface area contributed by atoms with E-state index in [-0.39, 0.29) is 12.4 Å². The number of hydrogen-bond donors (Lipinski definition) is 1. The highest BCUT2D eigenvalue weighted by molar-refractivity contribution is 5.83. The van der Waals surface area contributed by atoms with E-state index in [1.807, 2.05) is 25.2 Å². The molecule has 4 heteroatoms. The van der Waals surface area contributed by atoms with Crippen molar-refractivity contribution < 1.29 is 14.3 Å². The van der Waals surface area contributed by atoms with Gasteiger partial charge in [-0.2, -0.15) is 0 Å². The molecule has 1 aliphatic carbocycles. The number of rotatable bonds is 5. The summed E-state index contributed by atoms with van der Waals surface area (Å²) in [6.07, 6.45) is 9.53. The first-order chi connectivity index (χ1) is 8.60. The molecule has 0 saturated carbocycles. The van der Waals surface area contributed by atoms with Crippen molar-refractivity contribution >= 4 is 11.9 Å². The molecule has 4 nitrogen and oxygen atoms in total. The highest BCUT2D eigenvalue weighted by atomic mass is 16.5. The van der Waals surface area contributed by atoms with E-state index < -0.39 is 11.5 Å². The summed E-state index contributed by atoms with van der Waals surface area (Å²) in [5.41, 5.74) is -0.521. The van der Waals surface area contributed by atoms with E-state index in [2.05, 4.69) is 11.4 Å². The lowest BCUT2D eigenvalue weighted by molar-refractivity contribution is -0.129. The van der Waals surface area contributed by atoms with E-state index in [9.17, 15) is 9.59 Å². The van der Waals surface area contributed by atoms with Crippen LogP contribution in [0.4, 0.5) is 4.79 Å². The lowest BCUT2D eigenvalue weighted by atomic mass is 9.75. The first-order valence-electron chi connectivity index (χ1n) is 6.28. The third kappa shape index (κ3) is 4.02. The van der Waals surface area contributed by atoms with Crippen LogP contribution >= 0.6 is 0 Å². The molecular weight excluding hydrogens is 230 g/mol. The molecule has 1 aliphatic rings. The predicted octanol–water partition coefficient (Wildman–Crippen LogP) is 2.60. The summed E-state index contributed by atoms with van der Waals surface area (Å²) < 4.78 is 5.15. The van der Waals surface area contributed by atoms with Gasteiger partial charge in [0, 0.05) is 6.54 Å². The second-order valence-electron chi connectivity index (χ2n) is 4.58. The molecule has 0 aliphatic heterocycles. The van der Waals surface area contributed by atoms with Crippen LogP contribution in [-0.4, -0.2) is 25.0 Å². The van der Waals surface area contributed by atoms with Gasteiger partial charge >= 0.3 is 6.09 Å². The SMILES string of the molecule is C/C=C/CNC(=O)OCC1(C(C)=O)CC=CCC1. The summed E-state index contributed by atoms with van der Waals surface area (Å²) in [6.45, 7) is 4.06. The second kappa shape index (κ2) is 6.99. The van der Waals surface area contributed by atoms with Gasteiger partial charge in [0.15, 0.2) is 0 Å². The number of nitrogens with one attached hydrogen (secondary N) is 1. The van der Waals surface area contributed by atoms with E-state index in [1.54, 1.807) is 6.92 Å². The van der Waals surface area contributed by atoms with E-state index in [0.717, 1.165) is 12.8 Å². The number of ketones is 1. The molecule has 100 valence electrons. The third-order valence-electron chi connectivity index (χ3n) is 3.29. The molecule has 1 amide bonds. The molecule has 0 fully saturated rings. The summed E-state index contributed by atoms with van der Waals surface area (Å²) in [7, 11) is 0. The summed E-state index contributed by atoms with van der Waals surface area (Å²) >= 11 is 0. The minimum absolute atomic E-state index is 0.0908. The smallest absolute Gasteiger partial charge is 0.407 e. The molecule has 0 aromatic carbocycles. The van der Waals surface area contributed by atoms with E-state index >= 15 is 0 Å². The van der Waals surface area contributed by atoms with Crippen LogP contribution in [0, 0.1) is 5.41 Å². The van der Waals surface area contributed by atoms with Crippen molar-refractivity contribution in [3.05, 3.63) is 24.3 Å². The van der Waals surface area contributed by atoms with Crippen LogP contribution in [0.1, 0.15) is 33.1 Å². The molecule has 0 aromatic heterocycles. The van der Waals surface area contributed by atoms with Crippen LogP contribution in [0.15, 0.2) is 24.3 Å². The molecular formula is C14H21NO3. The molecule has 0 bridgehead atoms. The van der Waals surface area contributed by atoms with Gasteiger partial charge in [0.1, 0.15) is 12.4 Å². The average Bonchev–Trinajstić information content (AvgIpc) is 2.37. The molecule has 0 heterocycles. The van der Waals surface area contributed by atoms with Gasteiger partial charge in [-0.1, -0.05) is 24.3 Å². The largest absolute Gasteiger partial charge is 0.448 e. The van der Waals surface area contributed by atoms with Crippen LogP contribution in [0.25, 0.3) is 0 Å². The Hall–Kier alpha value is -1.58. The minimum atomic E-state index is -0.521. The Morgan fingerprint density at radius 1 is 1.44 bits per heavy atom. The van der Waals surface area contributed by atoms with Gasteiger partial charge in [0.05, 0.1) is 5.41 Å². The standard InChI is InChI=1S/C14H21NO3/c1-3-4-10-15-13(17)18-11-14(12(2)16)8-6-5-7-9-14/h3-6H,7-11H2,1-2H3,(H,15,17)/b4-3+. The molecule has 0 saturated heterocycles. The average molecular weight is 251 g/mol. The highest BCUT2D eigenvalue weighted by Crippen LogP contribution is 2.34. The first kappa shape index (κ1) is 14.5. The van der Waals surface area contributed by atoms with Gasteiger partial charge in [-0.3, -0.25) is 4.79 Å². The van der Waals surface area contributed by atoms with Gasteiger partial charge < -0.3 is 10.1 Å². The molecule has 18 heavy (non-hydrogen) atoms. The molecule has 1 atom stereocenters. The Labute approximate surface area is 108 Å². The quantitative estimate of drug-likeness (QED) is 0.764. The fraction of sp³-hybridized carbons (Fsp3) is 0.571. The number of amides is 1. The monoisotopic (exact) mass is 251 g/mol. The van der Waals surface area contributed by atoms with Gasteiger partial charge in [0.2, 0.25) is 0 Å². The second-order valence-corrected chi connectivity index (χ2v) is 4.58. The van der Waals surface area contributed by atoms with Crippen LogP contribution in [0.2, 0.25) is 0 Å². The topological polar surface area (TPSA) is 55.4 Å². The minimum Gasteiger partial charge on any atom is -0.448 e. The van der Waals surface area contributed by atoms with Crippen molar-refractivity contribution in [3.8, 4) is 0 Å².